The smallest absolute Gasteiger partial charge is 0.315 e. The zero-order chi connectivity index (χ0) is 19.6. The van der Waals surface area contributed by atoms with Crippen LogP contribution in [-0.2, 0) is 9.59 Å². The molecule has 0 bridgehead atoms. The van der Waals surface area contributed by atoms with Crippen molar-refractivity contribution in [2.45, 2.75) is 39.0 Å². The van der Waals surface area contributed by atoms with Crippen LogP contribution in [-0.4, -0.2) is 37.5 Å². The average molecular weight is 439 g/mol. The maximum Gasteiger partial charge on any atom is 0.315 e. The molecule has 27 heavy (non-hydrogen) atoms. The number of nitrogens with one attached hydrogen (secondary N) is 4. The number of benzene rings is 1. The summed E-state index contributed by atoms with van der Waals surface area (Å²) in [6, 6.07) is 5.31. The van der Waals surface area contributed by atoms with Gasteiger partial charge in [0.05, 0.1) is 6.54 Å². The average Bonchev–Trinajstić information content (AvgIpc) is 3.15. The van der Waals surface area contributed by atoms with E-state index in [4.69, 9.17) is 0 Å². The second-order valence-electron chi connectivity index (χ2n) is 6.82. The summed E-state index contributed by atoms with van der Waals surface area (Å²) in [5.74, 6) is 0.0492. The van der Waals surface area contributed by atoms with Crippen molar-refractivity contribution in [2.75, 3.05) is 25.0 Å². The van der Waals surface area contributed by atoms with Gasteiger partial charge in [-0.3, -0.25) is 9.59 Å². The molecule has 148 valence electrons. The Morgan fingerprint density at radius 3 is 2.56 bits per heavy atom. The van der Waals surface area contributed by atoms with Crippen LogP contribution in [0.3, 0.4) is 0 Å². The van der Waals surface area contributed by atoms with Gasteiger partial charge in [-0.2, -0.15) is 0 Å². The summed E-state index contributed by atoms with van der Waals surface area (Å²) in [6.07, 6.45) is 4.92. The van der Waals surface area contributed by atoms with E-state index in [9.17, 15) is 14.4 Å². The maximum atomic E-state index is 12.0. The van der Waals surface area contributed by atoms with Crippen molar-refractivity contribution in [3.05, 3.63) is 28.2 Å². The van der Waals surface area contributed by atoms with E-state index >= 15 is 0 Å². The minimum atomic E-state index is -0.333. The van der Waals surface area contributed by atoms with Crippen LogP contribution in [0.5, 0.6) is 0 Å². The SMILES string of the molecule is Cc1ccc(Br)cc1NC(=O)CCNC(=O)CNC(=O)NCC1CCCC1. The Morgan fingerprint density at radius 2 is 1.81 bits per heavy atom. The third-order valence-corrected chi connectivity index (χ3v) is 5.08. The number of halogens is 1. The minimum Gasteiger partial charge on any atom is -0.354 e. The van der Waals surface area contributed by atoms with Gasteiger partial charge in [0.15, 0.2) is 0 Å². The summed E-state index contributed by atoms with van der Waals surface area (Å²) in [5.41, 5.74) is 1.70. The summed E-state index contributed by atoms with van der Waals surface area (Å²) in [4.78, 5) is 35.4. The molecule has 1 aromatic carbocycles. The van der Waals surface area contributed by atoms with Crippen molar-refractivity contribution < 1.29 is 14.4 Å². The van der Waals surface area contributed by atoms with Gasteiger partial charge in [-0.25, -0.2) is 4.79 Å². The first-order valence-corrected chi connectivity index (χ1v) is 10.1. The molecule has 1 aromatic rings. The first-order chi connectivity index (χ1) is 12.9. The highest BCUT2D eigenvalue weighted by atomic mass is 79.9. The standard InChI is InChI=1S/C19H27BrN4O3/c1-13-6-7-15(20)10-16(13)24-17(25)8-9-21-18(26)12-23-19(27)22-11-14-4-2-3-5-14/h6-7,10,14H,2-5,8-9,11-12H2,1H3,(H,21,26)(H,24,25)(H2,22,23,27). The second kappa shape index (κ2) is 10.9. The number of hydrogen-bond acceptors (Lipinski definition) is 3. The van der Waals surface area contributed by atoms with E-state index in [1.807, 2.05) is 25.1 Å². The topological polar surface area (TPSA) is 99.3 Å². The van der Waals surface area contributed by atoms with E-state index in [1.54, 1.807) is 0 Å². The molecule has 7 nitrogen and oxygen atoms in total. The lowest BCUT2D eigenvalue weighted by atomic mass is 10.1. The Balaban J connectivity index is 1.57. The molecule has 8 heteroatoms. The first-order valence-electron chi connectivity index (χ1n) is 9.28. The maximum absolute atomic E-state index is 12.0. The van der Waals surface area contributed by atoms with E-state index in [0.717, 1.165) is 28.6 Å². The van der Waals surface area contributed by atoms with Crippen molar-refractivity contribution in [2.24, 2.45) is 5.92 Å². The fourth-order valence-electron chi connectivity index (χ4n) is 2.99. The highest BCUT2D eigenvalue weighted by Gasteiger charge is 2.15. The van der Waals surface area contributed by atoms with Gasteiger partial charge in [0.2, 0.25) is 11.8 Å². The van der Waals surface area contributed by atoms with Gasteiger partial charge in [0.25, 0.3) is 0 Å². The molecular weight excluding hydrogens is 412 g/mol. The number of amides is 4. The van der Waals surface area contributed by atoms with Crippen molar-refractivity contribution in [1.82, 2.24) is 16.0 Å². The fraction of sp³-hybridized carbons (Fsp3) is 0.526. The van der Waals surface area contributed by atoms with E-state index in [-0.39, 0.29) is 37.4 Å². The van der Waals surface area contributed by atoms with Gasteiger partial charge >= 0.3 is 6.03 Å². The Hall–Kier alpha value is -2.09. The first kappa shape index (κ1) is 21.2. The molecule has 0 aliphatic heterocycles. The summed E-state index contributed by atoms with van der Waals surface area (Å²) in [5, 5.41) is 10.8. The molecule has 1 aliphatic rings. The quantitative estimate of drug-likeness (QED) is 0.501. The summed E-state index contributed by atoms with van der Waals surface area (Å²) in [6.45, 7) is 2.67. The largest absolute Gasteiger partial charge is 0.354 e. The van der Waals surface area contributed by atoms with Crippen LogP contribution >= 0.6 is 15.9 Å². The Kier molecular flexibility index (Phi) is 8.57. The van der Waals surface area contributed by atoms with Gasteiger partial charge in [-0.15, -0.1) is 0 Å². The molecule has 0 unspecified atom stereocenters. The zero-order valence-electron chi connectivity index (χ0n) is 15.6. The highest BCUT2D eigenvalue weighted by molar-refractivity contribution is 9.10. The van der Waals surface area contributed by atoms with Gasteiger partial charge in [-0.1, -0.05) is 34.8 Å². The van der Waals surface area contributed by atoms with Crippen molar-refractivity contribution >= 4 is 39.5 Å². The van der Waals surface area contributed by atoms with Gasteiger partial charge in [-0.05, 0) is 43.4 Å². The van der Waals surface area contributed by atoms with E-state index in [2.05, 4.69) is 37.2 Å². The zero-order valence-corrected chi connectivity index (χ0v) is 17.2. The number of anilines is 1. The van der Waals surface area contributed by atoms with Crippen LogP contribution in [0, 0.1) is 12.8 Å². The Bertz CT molecular complexity index is 675. The van der Waals surface area contributed by atoms with Crippen LogP contribution in [0.2, 0.25) is 0 Å². The van der Waals surface area contributed by atoms with Crippen LogP contribution in [0.25, 0.3) is 0 Å². The van der Waals surface area contributed by atoms with Gasteiger partial charge in [0, 0.05) is 29.7 Å². The summed E-state index contributed by atoms with van der Waals surface area (Å²) >= 11 is 3.37. The molecule has 0 aromatic heterocycles. The monoisotopic (exact) mass is 438 g/mol. The molecule has 0 radical (unpaired) electrons. The lowest BCUT2D eigenvalue weighted by molar-refractivity contribution is -0.120. The third kappa shape index (κ3) is 7.99. The van der Waals surface area contributed by atoms with Crippen LogP contribution in [0.4, 0.5) is 10.5 Å². The number of carbonyl (C=O) groups is 3. The molecule has 0 saturated heterocycles. The van der Waals surface area contributed by atoms with Gasteiger partial charge in [0.1, 0.15) is 0 Å². The Labute approximate surface area is 168 Å². The van der Waals surface area contributed by atoms with Crippen LogP contribution in [0.15, 0.2) is 22.7 Å². The normalized spacial score (nSPS) is 13.9. The predicted octanol–water partition coefficient (Wildman–Crippen LogP) is 2.69. The van der Waals surface area contributed by atoms with E-state index < -0.39 is 0 Å². The molecule has 2 rings (SSSR count). The van der Waals surface area contributed by atoms with Crippen molar-refractivity contribution in [1.29, 1.82) is 0 Å². The molecule has 1 fully saturated rings. The van der Waals surface area contributed by atoms with Crippen LogP contribution in [0.1, 0.15) is 37.7 Å². The number of carbonyl (C=O) groups excluding carboxylic acids is 3. The van der Waals surface area contributed by atoms with E-state index in [1.165, 1.54) is 12.8 Å². The summed E-state index contributed by atoms with van der Waals surface area (Å²) < 4.78 is 0.883. The molecular formula is C19H27BrN4O3. The Morgan fingerprint density at radius 1 is 1.07 bits per heavy atom. The minimum absolute atomic E-state index is 0.108. The number of aryl methyl sites for hydroxylation is 1. The highest BCUT2D eigenvalue weighted by Crippen LogP contribution is 2.23. The molecule has 4 N–H and O–H groups in total. The molecule has 4 amide bonds. The number of rotatable bonds is 8. The van der Waals surface area contributed by atoms with E-state index in [0.29, 0.717) is 12.5 Å². The van der Waals surface area contributed by atoms with Crippen LogP contribution < -0.4 is 21.3 Å². The second-order valence-corrected chi connectivity index (χ2v) is 7.74. The lowest BCUT2D eigenvalue weighted by Crippen LogP contribution is -2.43. The molecule has 1 saturated carbocycles. The van der Waals surface area contributed by atoms with Crippen molar-refractivity contribution in [3.8, 4) is 0 Å². The molecule has 0 atom stereocenters. The number of hydrogen-bond donors (Lipinski definition) is 4. The van der Waals surface area contributed by atoms with Gasteiger partial charge < -0.3 is 21.3 Å². The molecule has 1 aliphatic carbocycles. The predicted molar refractivity (Wildman–Crippen MR) is 108 cm³/mol. The number of urea groups is 1. The van der Waals surface area contributed by atoms with Crippen molar-refractivity contribution in [3.63, 3.8) is 0 Å². The summed E-state index contributed by atoms with van der Waals surface area (Å²) in [7, 11) is 0. The fourth-order valence-corrected chi connectivity index (χ4v) is 3.36. The molecule has 0 heterocycles. The molecule has 0 spiro atoms. The third-order valence-electron chi connectivity index (χ3n) is 4.58. The lowest BCUT2D eigenvalue weighted by Gasteiger charge is -2.12.